The third-order valence-corrected chi connectivity index (χ3v) is 13.1. The maximum absolute atomic E-state index is 11.0. The van der Waals surface area contributed by atoms with Crippen molar-refractivity contribution in [3.63, 3.8) is 0 Å². The number of benzene rings is 9. The fourth-order valence-electron chi connectivity index (χ4n) is 10.2. The van der Waals surface area contributed by atoms with Gasteiger partial charge in [-0.3, -0.25) is 0 Å². The van der Waals surface area contributed by atoms with Gasteiger partial charge in [-0.1, -0.05) is 133 Å². The molecule has 0 spiro atoms. The second kappa shape index (κ2) is 15.0. The Bertz CT molecular complexity index is 4220. The van der Waals surface area contributed by atoms with Crippen LogP contribution in [0.2, 0.25) is 0 Å². The van der Waals surface area contributed by atoms with Gasteiger partial charge in [-0.2, -0.15) is 5.26 Å². The first-order chi connectivity index (χ1) is 33.2. The van der Waals surface area contributed by atoms with E-state index in [0.29, 0.717) is 34.0 Å². The molecule has 13 rings (SSSR count). The minimum atomic E-state index is 0.340. The van der Waals surface area contributed by atoms with Crippen molar-refractivity contribution in [2.45, 2.75) is 0 Å². The Balaban J connectivity index is 1.04. The van der Waals surface area contributed by atoms with E-state index in [1.807, 2.05) is 60.7 Å². The lowest BCUT2D eigenvalue weighted by Crippen LogP contribution is -2.02. The average molecular weight is 854 g/mol. The van der Waals surface area contributed by atoms with Crippen molar-refractivity contribution in [2.24, 2.45) is 0 Å². The van der Waals surface area contributed by atoms with Crippen LogP contribution in [0.4, 0.5) is 5.69 Å². The monoisotopic (exact) mass is 853 g/mol. The molecule has 0 unspecified atom stereocenters. The number of nitriles is 1. The fourth-order valence-corrected chi connectivity index (χ4v) is 10.2. The Labute approximate surface area is 384 Å². The van der Waals surface area contributed by atoms with Gasteiger partial charge in [-0.25, -0.2) is 14.8 Å². The van der Waals surface area contributed by atoms with Gasteiger partial charge in [0.2, 0.25) is 5.69 Å². The Morgan fingerprint density at radius 2 is 0.925 bits per heavy atom. The smallest absolute Gasteiger partial charge is 0.211 e. The van der Waals surface area contributed by atoms with E-state index >= 15 is 0 Å². The molecule has 310 valence electrons. The minimum absolute atomic E-state index is 0.340. The Hall–Kier alpha value is -9.56. The molecule has 0 aliphatic heterocycles. The number of aromatic nitrogens is 5. The Morgan fingerprint density at radius 1 is 0.418 bits per heavy atom. The molecule has 0 aliphatic rings. The third kappa shape index (κ3) is 5.76. The number of para-hydroxylation sites is 5. The highest BCUT2D eigenvalue weighted by Gasteiger charge is 2.24. The van der Waals surface area contributed by atoms with Crippen LogP contribution < -0.4 is 0 Å². The summed E-state index contributed by atoms with van der Waals surface area (Å²) in [5, 5.41) is 17.6. The zero-order valence-corrected chi connectivity index (χ0v) is 35.8. The maximum Gasteiger partial charge on any atom is 0.211 e. The molecular formula is C60H35N7. The van der Waals surface area contributed by atoms with E-state index in [9.17, 15) is 5.26 Å². The van der Waals surface area contributed by atoms with Gasteiger partial charge in [0.1, 0.15) is 11.6 Å². The molecule has 0 bridgehead atoms. The lowest BCUT2D eigenvalue weighted by Gasteiger charge is -2.15. The second-order valence-electron chi connectivity index (χ2n) is 16.7. The normalized spacial score (nSPS) is 11.6. The van der Waals surface area contributed by atoms with Crippen LogP contribution in [0.15, 0.2) is 212 Å². The Morgan fingerprint density at radius 3 is 1.58 bits per heavy atom. The summed E-state index contributed by atoms with van der Waals surface area (Å²) in [6, 6.07) is 75.2. The first-order valence-electron chi connectivity index (χ1n) is 22.2. The number of nitrogens with zero attached hydrogens (tertiary/aromatic N) is 7. The first kappa shape index (κ1) is 37.9. The van der Waals surface area contributed by atoms with Crippen LogP contribution in [0.3, 0.4) is 0 Å². The van der Waals surface area contributed by atoms with Crippen molar-refractivity contribution in [2.75, 3.05) is 0 Å². The van der Waals surface area contributed by atoms with Crippen molar-refractivity contribution in [3.05, 3.63) is 229 Å². The number of rotatable bonds is 6. The van der Waals surface area contributed by atoms with E-state index in [-0.39, 0.29) is 0 Å². The van der Waals surface area contributed by atoms with Gasteiger partial charge in [0.15, 0.2) is 5.82 Å². The average Bonchev–Trinajstić information content (AvgIpc) is 4.04. The van der Waals surface area contributed by atoms with Crippen molar-refractivity contribution in [3.8, 4) is 57.0 Å². The van der Waals surface area contributed by atoms with Crippen molar-refractivity contribution in [1.82, 2.24) is 23.7 Å². The molecule has 0 saturated heterocycles. The topological polar surface area (TPSA) is 68.7 Å². The second-order valence-corrected chi connectivity index (χ2v) is 16.7. The quantitative estimate of drug-likeness (QED) is 0.156. The van der Waals surface area contributed by atoms with Crippen LogP contribution in [0.1, 0.15) is 5.56 Å². The van der Waals surface area contributed by atoms with Crippen LogP contribution >= 0.6 is 0 Å². The van der Waals surface area contributed by atoms with E-state index in [1.165, 1.54) is 0 Å². The molecule has 0 aliphatic carbocycles. The van der Waals surface area contributed by atoms with Crippen LogP contribution in [-0.4, -0.2) is 23.7 Å². The third-order valence-electron chi connectivity index (χ3n) is 13.1. The zero-order chi connectivity index (χ0) is 44.6. The van der Waals surface area contributed by atoms with E-state index in [4.69, 9.17) is 16.5 Å². The molecule has 7 nitrogen and oxygen atoms in total. The lowest BCUT2D eigenvalue weighted by atomic mass is 9.99. The van der Waals surface area contributed by atoms with Crippen molar-refractivity contribution in [1.29, 1.82) is 5.26 Å². The summed E-state index contributed by atoms with van der Waals surface area (Å²) >= 11 is 0. The van der Waals surface area contributed by atoms with E-state index in [1.54, 1.807) is 0 Å². The molecule has 4 heterocycles. The standard InChI is InChI=1S/C60H35N7/c1-62-49-36-39(29-33-54(49)67-51-27-15-11-23-43(51)45-31-34-55-56(59(45)67)46-25-13-16-28-52(46)66(55)42-21-9-4-10-22-42)58-48(37-61)57(38-17-5-2-6-18-38)63-60(64-58)40-30-32-53-47(35-40)44-24-12-14-26-50(44)65(53)41-19-7-3-8-20-41/h2-36H. The molecule has 7 heteroatoms. The molecule has 13 aromatic rings. The molecular weight excluding hydrogens is 819 g/mol. The molecule has 0 fully saturated rings. The van der Waals surface area contributed by atoms with Gasteiger partial charge in [0, 0.05) is 54.8 Å². The summed E-state index contributed by atoms with van der Waals surface area (Å²) in [6.07, 6.45) is 0. The van der Waals surface area contributed by atoms with Crippen LogP contribution in [0, 0.1) is 17.9 Å². The minimum Gasteiger partial charge on any atom is -0.318 e. The van der Waals surface area contributed by atoms with E-state index in [0.717, 1.165) is 93.6 Å². The highest BCUT2D eigenvalue weighted by molar-refractivity contribution is 6.26. The largest absolute Gasteiger partial charge is 0.318 e. The first-order valence-corrected chi connectivity index (χ1v) is 22.2. The predicted molar refractivity (Wildman–Crippen MR) is 272 cm³/mol. The number of fused-ring (bicyclic) bond motifs is 10. The Kier molecular flexibility index (Phi) is 8.51. The molecule has 0 N–H and O–H groups in total. The maximum atomic E-state index is 11.0. The van der Waals surface area contributed by atoms with Crippen molar-refractivity contribution >= 4 is 71.1 Å². The summed E-state index contributed by atoms with van der Waals surface area (Å²) in [5.41, 5.74) is 13.3. The van der Waals surface area contributed by atoms with Gasteiger partial charge in [-0.05, 0) is 84.4 Å². The van der Waals surface area contributed by atoms with Crippen LogP contribution in [0.5, 0.6) is 0 Å². The fraction of sp³-hybridized carbons (Fsp3) is 0. The van der Waals surface area contributed by atoms with Crippen LogP contribution in [0.25, 0.3) is 121 Å². The molecule has 4 aromatic heterocycles. The van der Waals surface area contributed by atoms with Crippen molar-refractivity contribution < 1.29 is 0 Å². The van der Waals surface area contributed by atoms with Gasteiger partial charge >= 0.3 is 0 Å². The molecule has 0 atom stereocenters. The highest BCUT2D eigenvalue weighted by atomic mass is 15.0. The number of hydrogen-bond donors (Lipinski definition) is 0. The van der Waals surface area contributed by atoms with Gasteiger partial charge < -0.3 is 13.7 Å². The van der Waals surface area contributed by atoms with Gasteiger partial charge in [-0.15, -0.1) is 0 Å². The predicted octanol–water partition coefficient (Wildman–Crippen LogP) is 15.2. The van der Waals surface area contributed by atoms with Crippen LogP contribution in [-0.2, 0) is 0 Å². The lowest BCUT2D eigenvalue weighted by molar-refractivity contribution is 1.16. The summed E-state index contributed by atoms with van der Waals surface area (Å²) in [5.74, 6) is 0.485. The summed E-state index contributed by atoms with van der Waals surface area (Å²) in [4.78, 5) is 14.6. The zero-order valence-electron chi connectivity index (χ0n) is 35.8. The summed E-state index contributed by atoms with van der Waals surface area (Å²) < 4.78 is 6.86. The summed E-state index contributed by atoms with van der Waals surface area (Å²) in [7, 11) is 0. The molecule has 0 saturated carbocycles. The molecule has 0 amide bonds. The molecule has 9 aromatic carbocycles. The summed E-state index contributed by atoms with van der Waals surface area (Å²) in [6.45, 7) is 8.74. The SMILES string of the molecule is [C-]#[N+]c1cc(-c2nc(-c3ccc4c(c3)c3ccccc3n4-c3ccccc3)nc(-c3ccccc3)c2C#N)ccc1-n1c2ccccc2c2ccc3c(c4ccccc4n3-c3ccccc3)c21. The molecule has 0 radical (unpaired) electrons. The van der Waals surface area contributed by atoms with E-state index < -0.39 is 0 Å². The molecule has 67 heavy (non-hydrogen) atoms. The van der Waals surface area contributed by atoms with E-state index in [2.05, 4.69) is 176 Å². The highest BCUT2D eigenvalue weighted by Crippen LogP contribution is 2.45. The van der Waals surface area contributed by atoms with Gasteiger partial charge in [0.05, 0.1) is 56.7 Å². The number of hydrogen-bond acceptors (Lipinski definition) is 3. The van der Waals surface area contributed by atoms with Gasteiger partial charge in [0.25, 0.3) is 0 Å².